The van der Waals surface area contributed by atoms with Crippen LogP contribution < -0.4 is 5.19 Å². The Kier molecular flexibility index (Phi) is 2.55. The molecule has 0 spiro atoms. The standard InChI is InChI=1S/C24H28N2OSi/c1-24(2,3)15-16-11-13-25-19(14-16)17-9-10-20(28(4,5)6)21-18-8-7-12-26-23(18)27-22(17)21/h7-14H,15H2,1-6H3/i1D3,2D3,3D3. The summed E-state index contributed by atoms with van der Waals surface area (Å²) in [6, 6.07) is 10.7. The molecule has 4 aromatic rings. The molecule has 0 aliphatic heterocycles. The summed E-state index contributed by atoms with van der Waals surface area (Å²) in [7, 11) is -1.80. The van der Waals surface area contributed by atoms with Crippen LogP contribution in [0.25, 0.3) is 33.3 Å². The van der Waals surface area contributed by atoms with Crippen molar-refractivity contribution in [1.29, 1.82) is 0 Å². The van der Waals surface area contributed by atoms with E-state index in [1.54, 1.807) is 12.3 Å². The van der Waals surface area contributed by atoms with Crippen LogP contribution in [0.4, 0.5) is 0 Å². The summed E-state index contributed by atoms with van der Waals surface area (Å²) in [5.41, 5.74) is -0.617. The van der Waals surface area contributed by atoms with Gasteiger partial charge in [0.2, 0.25) is 5.71 Å². The molecular weight excluding hydrogens is 360 g/mol. The molecule has 0 aliphatic carbocycles. The van der Waals surface area contributed by atoms with Crippen LogP contribution in [0, 0.1) is 5.41 Å². The van der Waals surface area contributed by atoms with E-state index in [2.05, 4.69) is 29.6 Å². The zero-order valence-electron chi connectivity index (χ0n) is 25.1. The first-order valence-corrected chi connectivity index (χ1v) is 12.6. The fourth-order valence-corrected chi connectivity index (χ4v) is 5.16. The first-order valence-electron chi connectivity index (χ1n) is 13.6. The summed E-state index contributed by atoms with van der Waals surface area (Å²) in [4.78, 5) is 8.81. The molecule has 0 unspecified atom stereocenters. The molecular formula is C24H28N2OSi. The minimum absolute atomic E-state index is 0.241. The molecule has 0 radical (unpaired) electrons. The van der Waals surface area contributed by atoms with Crippen molar-refractivity contribution in [3.05, 3.63) is 54.4 Å². The molecule has 3 aromatic heterocycles. The Balaban J connectivity index is 1.94. The fourth-order valence-electron chi connectivity index (χ4n) is 3.58. The van der Waals surface area contributed by atoms with Gasteiger partial charge in [-0.2, -0.15) is 0 Å². The number of nitrogens with zero attached hydrogens (tertiary/aromatic N) is 2. The van der Waals surface area contributed by atoms with Crippen molar-refractivity contribution < 1.29 is 16.8 Å². The smallest absolute Gasteiger partial charge is 0.227 e. The van der Waals surface area contributed by atoms with Gasteiger partial charge < -0.3 is 4.42 Å². The molecule has 0 atom stereocenters. The van der Waals surface area contributed by atoms with Crippen molar-refractivity contribution in [1.82, 2.24) is 9.97 Å². The Morgan fingerprint density at radius 3 is 2.61 bits per heavy atom. The van der Waals surface area contributed by atoms with Crippen molar-refractivity contribution in [2.24, 2.45) is 5.41 Å². The van der Waals surface area contributed by atoms with E-state index >= 15 is 0 Å². The van der Waals surface area contributed by atoms with Gasteiger partial charge in [0.05, 0.1) is 13.8 Å². The van der Waals surface area contributed by atoms with E-state index in [0.717, 1.165) is 10.8 Å². The van der Waals surface area contributed by atoms with Crippen LogP contribution in [0.3, 0.4) is 0 Å². The second-order valence-electron chi connectivity index (χ2n) is 8.20. The van der Waals surface area contributed by atoms with Gasteiger partial charge in [-0.1, -0.05) is 46.3 Å². The van der Waals surface area contributed by atoms with Crippen molar-refractivity contribution in [3.63, 3.8) is 0 Å². The van der Waals surface area contributed by atoms with Gasteiger partial charge >= 0.3 is 0 Å². The van der Waals surface area contributed by atoms with Crippen LogP contribution >= 0.6 is 0 Å². The van der Waals surface area contributed by atoms with Crippen molar-refractivity contribution in [2.45, 2.75) is 46.6 Å². The Bertz CT molecular complexity index is 1430. The van der Waals surface area contributed by atoms with Crippen LogP contribution in [0.1, 0.15) is 38.5 Å². The number of benzene rings is 1. The second kappa shape index (κ2) is 6.56. The summed E-state index contributed by atoms with van der Waals surface area (Å²) in [5.74, 6) is 0. The van der Waals surface area contributed by atoms with Gasteiger partial charge in [0.25, 0.3) is 0 Å². The predicted molar refractivity (Wildman–Crippen MR) is 121 cm³/mol. The maximum Gasteiger partial charge on any atom is 0.227 e. The van der Waals surface area contributed by atoms with Crippen molar-refractivity contribution in [2.75, 3.05) is 0 Å². The Hall–Kier alpha value is -2.46. The normalized spacial score (nSPS) is 18.9. The molecule has 0 N–H and O–H groups in total. The van der Waals surface area contributed by atoms with Crippen LogP contribution in [0.15, 0.2) is 53.2 Å². The van der Waals surface area contributed by atoms with Crippen LogP contribution in [0.5, 0.6) is 0 Å². The van der Waals surface area contributed by atoms with E-state index in [4.69, 9.17) is 16.8 Å². The van der Waals surface area contributed by atoms with Crippen LogP contribution in [-0.2, 0) is 6.42 Å². The molecule has 0 bridgehead atoms. The molecule has 3 nitrogen and oxygen atoms in total. The highest BCUT2D eigenvalue weighted by Crippen LogP contribution is 2.35. The van der Waals surface area contributed by atoms with E-state index in [0.29, 0.717) is 22.6 Å². The number of hydrogen-bond acceptors (Lipinski definition) is 3. The van der Waals surface area contributed by atoms with Crippen molar-refractivity contribution >= 4 is 35.3 Å². The van der Waals surface area contributed by atoms with E-state index in [-0.39, 0.29) is 5.56 Å². The van der Waals surface area contributed by atoms with E-state index in [1.807, 2.05) is 24.3 Å². The first kappa shape index (κ1) is 10.9. The maximum atomic E-state index is 7.95. The van der Waals surface area contributed by atoms with E-state index in [9.17, 15) is 0 Å². The zero-order chi connectivity index (χ0) is 27.6. The quantitative estimate of drug-likeness (QED) is 0.388. The minimum atomic E-state index is -3.27. The number of pyridine rings is 2. The predicted octanol–water partition coefficient (Wildman–Crippen LogP) is 6.18. The van der Waals surface area contributed by atoms with Gasteiger partial charge in [0.1, 0.15) is 5.58 Å². The van der Waals surface area contributed by atoms with Gasteiger partial charge in [-0.3, -0.25) is 4.98 Å². The average Bonchev–Trinajstić information content (AvgIpc) is 3.13. The van der Waals surface area contributed by atoms with Gasteiger partial charge in [0, 0.05) is 41.1 Å². The maximum absolute atomic E-state index is 7.95. The Labute approximate surface area is 180 Å². The molecule has 4 heteroatoms. The molecule has 28 heavy (non-hydrogen) atoms. The third-order valence-electron chi connectivity index (χ3n) is 4.77. The topological polar surface area (TPSA) is 38.9 Å². The monoisotopic (exact) mass is 397 g/mol. The van der Waals surface area contributed by atoms with Gasteiger partial charge in [0.15, 0.2) is 0 Å². The average molecular weight is 398 g/mol. The minimum Gasteiger partial charge on any atom is -0.437 e. The molecule has 0 saturated heterocycles. The summed E-state index contributed by atoms with van der Waals surface area (Å²) in [6.07, 6.45) is 2.37. The summed E-state index contributed by atoms with van der Waals surface area (Å²) < 4.78 is 77.7. The van der Waals surface area contributed by atoms with Crippen molar-refractivity contribution in [3.8, 4) is 11.3 Å². The van der Waals surface area contributed by atoms with Gasteiger partial charge in [-0.25, -0.2) is 4.98 Å². The summed E-state index contributed by atoms with van der Waals surface area (Å²) in [5, 5.41) is 2.99. The highest BCUT2D eigenvalue weighted by atomic mass is 28.3. The van der Waals surface area contributed by atoms with E-state index < -0.39 is 40.5 Å². The largest absolute Gasteiger partial charge is 0.437 e. The van der Waals surface area contributed by atoms with Crippen LogP contribution in [-0.4, -0.2) is 18.0 Å². The van der Waals surface area contributed by atoms with E-state index in [1.165, 1.54) is 17.4 Å². The van der Waals surface area contributed by atoms with Gasteiger partial charge in [-0.05, 0) is 52.9 Å². The second-order valence-corrected chi connectivity index (χ2v) is 13.2. The lowest BCUT2D eigenvalue weighted by atomic mass is 9.88. The summed E-state index contributed by atoms with van der Waals surface area (Å²) >= 11 is 0. The molecule has 0 amide bonds. The highest BCUT2D eigenvalue weighted by molar-refractivity contribution is 6.90. The molecule has 3 heterocycles. The Morgan fingerprint density at radius 1 is 1.04 bits per heavy atom. The number of fused-ring (bicyclic) bond motifs is 3. The zero-order valence-corrected chi connectivity index (χ0v) is 17.1. The first-order chi connectivity index (χ1) is 16.9. The van der Waals surface area contributed by atoms with Crippen LogP contribution in [0.2, 0.25) is 19.6 Å². The highest BCUT2D eigenvalue weighted by Gasteiger charge is 2.25. The number of aromatic nitrogens is 2. The lowest BCUT2D eigenvalue weighted by Crippen LogP contribution is -2.37. The summed E-state index contributed by atoms with van der Waals surface area (Å²) in [6.45, 7) is -3.13. The molecule has 0 fully saturated rings. The Morgan fingerprint density at radius 2 is 1.86 bits per heavy atom. The molecule has 144 valence electrons. The molecule has 4 rings (SSSR count). The van der Waals surface area contributed by atoms with Gasteiger partial charge in [-0.15, -0.1) is 0 Å². The number of hydrogen-bond donors (Lipinski definition) is 0. The molecule has 1 aromatic carbocycles. The third kappa shape index (κ3) is 3.49. The lowest BCUT2D eigenvalue weighted by Gasteiger charge is -2.20. The fraction of sp³-hybridized carbons (Fsp3) is 0.333. The lowest BCUT2D eigenvalue weighted by molar-refractivity contribution is 0.411. The molecule has 0 saturated carbocycles. The number of rotatable bonds is 3. The molecule has 0 aliphatic rings. The SMILES string of the molecule is [2H]C([2H])([2H])C(Cc1ccnc(-c2ccc([Si](C)(C)C)c3c2oc2ncccc23)c1)(C([2H])([2H])[2H])C([2H])([2H])[2H]. The third-order valence-corrected chi connectivity index (χ3v) is 6.81. The number of furan rings is 1.